The zero-order chi connectivity index (χ0) is 20.2. The SMILES string of the molecule is CCOc1c(F)cccc1C(=O)N[C@H]1CN(C(=O)OC(C)(C)C)C[C@@H]1OC. The third-order valence-electron chi connectivity index (χ3n) is 4.04. The average Bonchev–Trinajstić information content (AvgIpc) is 2.98. The predicted molar refractivity (Wildman–Crippen MR) is 97.4 cm³/mol. The van der Waals surface area contributed by atoms with Gasteiger partial charge in [-0.05, 0) is 39.8 Å². The van der Waals surface area contributed by atoms with Crippen LogP contribution in [0.5, 0.6) is 5.75 Å². The number of carbonyl (C=O) groups is 2. The third kappa shape index (κ3) is 5.32. The quantitative estimate of drug-likeness (QED) is 0.847. The van der Waals surface area contributed by atoms with Crippen molar-refractivity contribution in [3.63, 3.8) is 0 Å². The van der Waals surface area contributed by atoms with Crippen molar-refractivity contribution in [1.82, 2.24) is 10.2 Å². The summed E-state index contributed by atoms with van der Waals surface area (Å²) < 4.78 is 30.0. The highest BCUT2D eigenvalue weighted by atomic mass is 19.1. The molecule has 1 saturated heterocycles. The standard InChI is InChI=1S/C19H27FN2O5/c1-6-26-16-12(8-7-9-13(16)20)17(23)21-14-10-22(11-15(14)25-5)18(24)27-19(2,3)4/h7-9,14-15H,6,10-11H2,1-5H3,(H,21,23)/t14-,15-/m0/s1. The number of methoxy groups -OCH3 is 1. The van der Waals surface area contributed by atoms with Gasteiger partial charge in [0.2, 0.25) is 0 Å². The third-order valence-corrected chi connectivity index (χ3v) is 4.04. The van der Waals surface area contributed by atoms with Crippen LogP contribution < -0.4 is 10.1 Å². The molecule has 0 aromatic heterocycles. The summed E-state index contributed by atoms with van der Waals surface area (Å²) >= 11 is 0. The van der Waals surface area contributed by atoms with Crippen LogP contribution in [0.2, 0.25) is 0 Å². The van der Waals surface area contributed by atoms with E-state index in [1.165, 1.54) is 30.2 Å². The number of carbonyl (C=O) groups excluding carboxylic acids is 2. The summed E-state index contributed by atoms with van der Waals surface area (Å²) in [5, 5.41) is 2.81. The first kappa shape index (κ1) is 21.0. The molecule has 1 aliphatic heterocycles. The fraction of sp³-hybridized carbons (Fsp3) is 0.579. The lowest BCUT2D eigenvalue weighted by Crippen LogP contribution is -2.44. The number of nitrogens with zero attached hydrogens (tertiary/aromatic N) is 1. The Bertz CT molecular complexity index is 689. The van der Waals surface area contributed by atoms with Crippen molar-refractivity contribution < 1.29 is 28.2 Å². The van der Waals surface area contributed by atoms with Crippen LogP contribution in [-0.4, -0.2) is 61.5 Å². The van der Waals surface area contributed by atoms with E-state index in [0.29, 0.717) is 0 Å². The van der Waals surface area contributed by atoms with Crippen molar-refractivity contribution in [2.24, 2.45) is 0 Å². The molecule has 1 fully saturated rings. The Morgan fingerprint density at radius 1 is 1.30 bits per heavy atom. The number of benzene rings is 1. The highest BCUT2D eigenvalue weighted by Crippen LogP contribution is 2.24. The first-order valence-electron chi connectivity index (χ1n) is 8.89. The van der Waals surface area contributed by atoms with Gasteiger partial charge in [0.25, 0.3) is 5.91 Å². The van der Waals surface area contributed by atoms with Crippen LogP contribution in [0.15, 0.2) is 18.2 Å². The molecule has 150 valence electrons. The number of halogens is 1. The van der Waals surface area contributed by atoms with Gasteiger partial charge in [-0.15, -0.1) is 0 Å². The van der Waals surface area contributed by atoms with Crippen molar-refractivity contribution in [1.29, 1.82) is 0 Å². The van der Waals surface area contributed by atoms with E-state index in [-0.39, 0.29) is 31.0 Å². The van der Waals surface area contributed by atoms with Gasteiger partial charge in [-0.2, -0.15) is 0 Å². The maximum Gasteiger partial charge on any atom is 0.410 e. The van der Waals surface area contributed by atoms with E-state index in [9.17, 15) is 14.0 Å². The van der Waals surface area contributed by atoms with Crippen LogP contribution >= 0.6 is 0 Å². The molecule has 2 rings (SSSR count). The van der Waals surface area contributed by atoms with E-state index in [0.717, 1.165) is 0 Å². The molecule has 2 atom stereocenters. The Balaban J connectivity index is 2.11. The fourth-order valence-corrected chi connectivity index (χ4v) is 2.85. The van der Waals surface area contributed by atoms with Crippen molar-refractivity contribution in [2.45, 2.75) is 45.4 Å². The molecule has 0 bridgehead atoms. The monoisotopic (exact) mass is 382 g/mol. The molecule has 1 aromatic rings. The van der Waals surface area contributed by atoms with Crippen LogP contribution in [0, 0.1) is 5.82 Å². The summed E-state index contributed by atoms with van der Waals surface area (Å²) in [5.41, 5.74) is -0.517. The summed E-state index contributed by atoms with van der Waals surface area (Å²) in [4.78, 5) is 26.4. The Morgan fingerprint density at radius 2 is 2.00 bits per heavy atom. The average molecular weight is 382 g/mol. The van der Waals surface area contributed by atoms with Crippen molar-refractivity contribution >= 4 is 12.0 Å². The molecule has 27 heavy (non-hydrogen) atoms. The van der Waals surface area contributed by atoms with E-state index in [1.54, 1.807) is 27.7 Å². The van der Waals surface area contributed by atoms with Crippen LogP contribution in [0.25, 0.3) is 0 Å². The summed E-state index contributed by atoms with van der Waals surface area (Å²) in [6, 6.07) is 3.72. The number of amides is 2. The Morgan fingerprint density at radius 3 is 2.59 bits per heavy atom. The largest absolute Gasteiger partial charge is 0.490 e. The van der Waals surface area contributed by atoms with Gasteiger partial charge in [0.1, 0.15) is 5.60 Å². The summed E-state index contributed by atoms with van der Waals surface area (Å²) in [5.74, 6) is -1.18. The van der Waals surface area contributed by atoms with Crippen LogP contribution in [0.3, 0.4) is 0 Å². The minimum atomic E-state index is -0.616. The van der Waals surface area contributed by atoms with Gasteiger partial charge in [-0.25, -0.2) is 9.18 Å². The molecule has 1 aliphatic rings. The van der Waals surface area contributed by atoms with Crippen molar-refractivity contribution in [2.75, 3.05) is 26.8 Å². The van der Waals surface area contributed by atoms with E-state index in [1.807, 2.05) is 0 Å². The minimum Gasteiger partial charge on any atom is -0.490 e. The number of para-hydroxylation sites is 1. The molecule has 1 aromatic carbocycles. The number of hydrogen-bond acceptors (Lipinski definition) is 5. The van der Waals surface area contributed by atoms with Gasteiger partial charge >= 0.3 is 6.09 Å². The number of rotatable bonds is 5. The first-order chi connectivity index (χ1) is 12.7. The molecule has 0 radical (unpaired) electrons. The lowest BCUT2D eigenvalue weighted by atomic mass is 10.1. The number of hydrogen-bond donors (Lipinski definition) is 1. The second kappa shape index (κ2) is 8.56. The van der Waals surface area contributed by atoms with Gasteiger partial charge in [0, 0.05) is 13.7 Å². The minimum absolute atomic E-state index is 0.0894. The topological polar surface area (TPSA) is 77.1 Å². The van der Waals surface area contributed by atoms with Gasteiger partial charge in [-0.3, -0.25) is 4.79 Å². The molecule has 2 amide bonds. The number of likely N-dealkylation sites (tertiary alicyclic amines) is 1. The second-order valence-corrected chi connectivity index (χ2v) is 7.29. The normalized spacial score (nSPS) is 19.7. The molecule has 0 saturated carbocycles. The first-order valence-corrected chi connectivity index (χ1v) is 8.89. The van der Waals surface area contributed by atoms with Gasteiger partial charge in [0.05, 0.1) is 30.9 Å². The van der Waals surface area contributed by atoms with Crippen LogP contribution in [0.4, 0.5) is 9.18 Å². The smallest absolute Gasteiger partial charge is 0.410 e. The summed E-state index contributed by atoms with van der Waals surface area (Å²) in [7, 11) is 1.51. The highest BCUT2D eigenvalue weighted by Gasteiger charge is 2.38. The van der Waals surface area contributed by atoms with E-state index in [2.05, 4.69) is 5.32 Å². The molecule has 1 heterocycles. The highest BCUT2D eigenvalue weighted by molar-refractivity contribution is 5.97. The molecule has 0 unspecified atom stereocenters. The van der Waals surface area contributed by atoms with Crippen LogP contribution in [0.1, 0.15) is 38.1 Å². The van der Waals surface area contributed by atoms with Crippen molar-refractivity contribution in [3.05, 3.63) is 29.6 Å². The molecule has 0 spiro atoms. The Labute approximate surface area is 158 Å². The number of nitrogens with one attached hydrogen (secondary N) is 1. The lowest BCUT2D eigenvalue weighted by Gasteiger charge is -2.24. The zero-order valence-electron chi connectivity index (χ0n) is 16.4. The molecule has 7 nitrogen and oxygen atoms in total. The Kier molecular flexibility index (Phi) is 6.64. The van der Waals surface area contributed by atoms with E-state index < -0.39 is 35.6 Å². The molecular formula is C19H27FN2O5. The van der Waals surface area contributed by atoms with Crippen molar-refractivity contribution in [3.8, 4) is 5.75 Å². The maximum absolute atomic E-state index is 14.0. The predicted octanol–water partition coefficient (Wildman–Crippen LogP) is 2.59. The number of ether oxygens (including phenoxy) is 3. The summed E-state index contributed by atoms with van der Waals surface area (Å²) in [6.45, 7) is 7.83. The van der Waals surface area contributed by atoms with Gasteiger partial charge in [0.15, 0.2) is 11.6 Å². The van der Waals surface area contributed by atoms with Gasteiger partial charge in [-0.1, -0.05) is 6.07 Å². The molecular weight excluding hydrogens is 355 g/mol. The molecule has 1 N–H and O–H groups in total. The fourth-order valence-electron chi connectivity index (χ4n) is 2.85. The molecule has 8 heteroatoms. The van der Waals surface area contributed by atoms with Gasteiger partial charge < -0.3 is 24.4 Å². The van der Waals surface area contributed by atoms with E-state index in [4.69, 9.17) is 14.2 Å². The maximum atomic E-state index is 14.0. The van der Waals surface area contributed by atoms with Crippen LogP contribution in [-0.2, 0) is 9.47 Å². The zero-order valence-corrected chi connectivity index (χ0v) is 16.4. The lowest BCUT2D eigenvalue weighted by molar-refractivity contribution is 0.0252. The summed E-state index contributed by atoms with van der Waals surface area (Å²) in [6.07, 6.45) is -0.868. The van der Waals surface area contributed by atoms with E-state index >= 15 is 0 Å². The second-order valence-electron chi connectivity index (χ2n) is 7.29. The Hall–Kier alpha value is -2.35. The molecule has 0 aliphatic carbocycles.